The molecular formula is C20H28N4O4S. The molecule has 0 atom stereocenters. The predicted octanol–water partition coefficient (Wildman–Crippen LogP) is 1.57. The third kappa shape index (κ3) is 4.68. The van der Waals surface area contributed by atoms with Crippen LogP contribution in [0.3, 0.4) is 0 Å². The molecule has 0 saturated carbocycles. The van der Waals surface area contributed by atoms with Gasteiger partial charge in [0.1, 0.15) is 11.4 Å². The van der Waals surface area contributed by atoms with Gasteiger partial charge < -0.3 is 9.64 Å². The van der Waals surface area contributed by atoms with E-state index in [0.29, 0.717) is 50.8 Å². The summed E-state index contributed by atoms with van der Waals surface area (Å²) in [7, 11) is -3.67. The maximum absolute atomic E-state index is 13.1. The average molecular weight is 421 g/mol. The zero-order valence-corrected chi connectivity index (χ0v) is 18.0. The molecule has 3 rings (SSSR count). The van der Waals surface area contributed by atoms with E-state index in [1.165, 1.54) is 8.99 Å². The number of rotatable bonds is 7. The first-order valence-electron chi connectivity index (χ1n) is 9.78. The van der Waals surface area contributed by atoms with Crippen LogP contribution in [-0.2, 0) is 32.6 Å². The Morgan fingerprint density at radius 1 is 1.17 bits per heavy atom. The van der Waals surface area contributed by atoms with Crippen molar-refractivity contribution in [2.45, 2.75) is 38.8 Å². The second kappa shape index (κ2) is 9.06. The van der Waals surface area contributed by atoms with Gasteiger partial charge in [-0.2, -0.15) is 9.40 Å². The van der Waals surface area contributed by atoms with Gasteiger partial charge in [0.15, 0.2) is 0 Å². The Balaban J connectivity index is 1.79. The number of carbonyl (C=O) groups excluding carboxylic acids is 1. The molecule has 1 aliphatic rings. The van der Waals surface area contributed by atoms with E-state index in [1.54, 1.807) is 18.7 Å². The molecule has 29 heavy (non-hydrogen) atoms. The number of likely N-dealkylation sites (N-methyl/N-ethyl adjacent to an activating group) is 1. The molecule has 0 bridgehead atoms. The van der Waals surface area contributed by atoms with E-state index in [9.17, 15) is 13.2 Å². The molecule has 1 aromatic carbocycles. The first-order valence-corrected chi connectivity index (χ1v) is 11.2. The number of aromatic nitrogens is 2. The van der Waals surface area contributed by atoms with E-state index in [0.717, 1.165) is 5.56 Å². The molecule has 2 aromatic rings. The van der Waals surface area contributed by atoms with Crippen LogP contribution in [0.15, 0.2) is 35.2 Å². The Kier molecular flexibility index (Phi) is 6.71. The van der Waals surface area contributed by atoms with Crippen molar-refractivity contribution in [2.75, 3.05) is 32.8 Å². The fraction of sp³-hybridized carbons (Fsp3) is 0.500. The van der Waals surface area contributed by atoms with Gasteiger partial charge in [0, 0.05) is 26.2 Å². The van der Waals surface area contributed by atoms with E-state index >= 15 is 0 Å². The van der Waals surface area contributed by atoms with E-state index < -0.39 is 10.0 Å². The molecule has 1 aliphatic heterocycles. The molecule has 0 N–H and O–H groups in total. The minimum Gasteiger partial charge on any atom is -0.379 e. The summed E-state index contributed by atoms with van der Waals surface area (Å²) in [6.45, 7) is 7.79. The van der Waals surface area contributed by atoms with Gasteiger partial charge in [-0.05, 0) is 26.3 Å². The zero-order valence-electron chi connectivity index (χ0n) is 17.2. The lowest BCUT2D eigenvalue weighted by Gasteiger charge is -2.26. The molecular weight excluding hydrogens is 392 g/mol. The number of hydrogen-bond donors (Lipinski definition) is 0. The average Bonchev–Trinajstić information content (AvgIpc) is 3.01. The first-order chi connectivity index (χ1) is 13.8. The highest BCUT2D eigenvalue weighted by molar-refractivity contribution is 7.89. The Bertz CT molecular complexity index is 950. The van der Waals surface area contributed by atoms with Crippen LogP contribution in [0.4, 0.5) is 0 Å². The van der Waals surface area contributed by atoms with E-state index in [1.807, 2.05) is 37.3 Å². The molecule has 2 heterocycles. The van der Waals surface area contributed by atoms with Crippen molar-refractivity contribution in [2.24, 2.45) is 0 Å². The lowest BCUT2D eigenvalue weighted by Crippen LogP contribution is -2.41. The van der Waals surface area contributed by atoms with Gasteiger partial charge in [-0.3, -0.25) is 9.48 Å². The van der Waals surface area contributed by atoms with Crippen LogP contribution in [0.5, 0.6) is 0 Å². The number of sulfonamides is 1. The lowest BCUT2D eigenvalue weighted by atomic mass is 10.2. The SMILES string of the molecule is CCN(Cc1ccccc1)C(=O)Cn1nc(C)c(S(=O)(=O)N2CCOCC2)c1C. The van der Waals surface area contributed by atoms with Crippen LogP contribution >= 0.6 is 0 Å². The summed E-state index contributed by atoms with van der Waals surface area (Å²) < 4.78 is 34.3. The van der Waals surface area contributed by atoms with Crippen molar-refractivity contribution in [3.63, 3.8) is 0 Å². The van der Waals surface area contributed by atoms with Gasteiger partial charge in [-0.25, -0.2) is 8.42 Å². The van der Waals surface area contributed by atoms with Crippen LogP contribution in [-0.4, -0.2) is 66.2 Å². The molecule has 1 fully saturated rings. The van der Waals surface area contributed by atoms with Crippen LogP contribution in [0.25, 0.3) is 0 Å². The molecule has 1 aromatic heterocycles. The molecule has 0 radical (unpaired) electrons. The first kappa shape index (κ1) is 21.5. The number of hydrogen-bond acceptors (Lipinski definition) is 5. The molecule has 158 valence electrons. The van der Waals surface area contributed by atoms with Crippen molar-refractivity contribution in [1.82, 2.24) is 19.0 Å². The molecule has 1 saturated heterocycles. The number of benzene rings is 1. The largest absolute Gasteiger partial charge is 0.379 e. The van der Waals surface area contributed by atoms with Crippen LogP contribution < -0.4 is 0 Å². The number of aryl methyl sites for hydroxylation is 1. The highest BCUT2D eigenvalue weighted by atomic mass is 32.2. The minimum absolute atomic E-state index is 0.00593. The molecule has 0 aliphatic carbocycles. The Hall–Kier alpha value is -2.23. The van der Waals surface area contributed by atoms with E-state index in [4.69, 9.17) is 4.74 Å². The normalized spacial score (nSPS) is 15.4. The lowest BCUT2D eigenvalue weighted by molar-refractivity contribution is -0.132. The summed E-state index contributed by atoms with van der Waals surface area (Å²) in [5.41, 5.74) is 1.94. The van der Waals surface area contributed by atoms with Gasteiger partial charge in [-0.1, -0.05) is 30.3 Å². The van der Waals surface area contributed by atoms with Crippen molar-refractivity contribution in [3.8, 4) is 0 Å². The van der Waals surface area contributed by atoms with Gasteiger partial charge in [0.05, 0.1) is 24.6 Å². The van der Waals surface area contributed by atoms with E-state index in [2.05, 4.69) is 5.10 Å². The van der Waals surface area contributed by atoms with Crippen LogP contribution in [0, 0.1) is 13.8 Å². The summed E-state index contributed by atoms with van der Waals surface area (Å²) in [4.78, 5) is 14.8. The smallest absolute Gasteiger partial charge is 0.246 e. The number of ether oxygens (including phenoxy) is 1. The van der Waals surface area contributed by atoms with Gasteiger partial charge >= 0.3 is 0 Å². The number of carbonyl (C=O) groups is 1. The molecule has 8 nitrogen and oxygen atoms in total. The van der Waals surface area contributed by atoms with Gasteiger partial charge in [-0.15, -0.1) is 0 Å². The minimum atomic E-state index is -3.67. The summed E-state index contributed by atoms with van der Waals surface area (Å²) in [6.07, 6.45) is 0. The highest BCUT2D eigenvalue weighted by Crippen LogP contribution is 2.24. The van der Waals surface area contributed by atoms with Gasteiger partial charge in [0.2, 0.25) is 15.9 Å². The Labute approximate surface area is 172 Å². The predicted molar refractivity (Wildman–Crippen MR) is 109 cm³/mol. The zero-order chi connectivity index (χ0) is 21.0. The Morgan fingerprint density at radius 2 is 1.83 bits per heavy atom. The van der Waals surface area contributed by atoms with Gasteiger partial charge in [0.25, 0.3) is 0 Å². The second-order valence-corrected chi connectivity index (χ2v) is 8.94. The third-order valence-corrected chi connectivity index (χ3v) is 7.27. The quantitative estimate of drug-likeness (QED) is 0.679. The standard InChI is InChI=1S/C20H28N4O4S/c1-4-22(14-18-8-6-5-7-9-18)19(25)15-24-17(3)20(16(2)21-24)29(26,27)23-10-12-28-13-11-23/h5-9H,4,10-15H2,1-3H3. The monoisotopic (exact) mass is 420 g/mol. The van der Waals surface area contributed by atoms with E-state index in [-0.39, 0.29) is 17.3 Å². The second-order valence-electron chi connectivity index (χ2n) is 7.07. The van der Waals surface area contributed by atoms with Crippen molar-refractivity contribution in [3.05, 3.63) is 47.3 Å². The fourth-order valence-electron chi connectivity index (χ4n) is 3.53. The molecule has 0 spiro atoms. The summed E-state index contributed by atoms with van der Waals surface area (Å²) >= 11 is 0. The van der Waals surface area contributed by atoms with Crippen molar-refractivity contribution < 1.29 is 17.9 Å². The molecule has 0 unspecified atom stereocenters. The number of amides is 1. The summed E-state index contributed by atoms with van der Waals surface area (Å²) in [5.74, 6) is -0.0997. The van der Waals surface area contributed by atoms with Crippen LogP contribution in [0.1, 0.15) is 23.9 Å². The number of morpholine rings is 1. The maximum Gasteiger partial charge on any atom is 0.246 e. The molecule has 9 heteroatoms. The van der Waals surface area contributed by atoms with Crippen LogP contribution in [0.2, 0.25) is 0 Å². The maximum atomic E-state index is 13.1. The van der Waals surface area contributed by atoms with Crippen molar-refractivity contribution in [1.29, 1.82) is 0 Å². The fourth-order valence-corrected chi connectivity index (χ4v) is 5.31. The topological polar surface area (TPSA) is 84.7 Å². The summed E-state index contributed by atoms with van der Waals surface area (Å²) in [5, 5.41) is 4.37. The highest BCUT2D eigenvalue weighted by Gasteiger charge is 2.32. The van der Waals surface area contributed by atoms with Crippen molar-refractivity contribution >= 4 is 15.9 Å². The Morgan fingerprint density at radius 3 is 2.45 bits per heavy atom. The summed E-state index contributed by atoms with van der Waals surface area (Å²) in [6, 6.07) is 9.78. The number of nitrogens with zero attached hydrogens (tertiary/aromatic N) is 4. The molecule has 1 amide bonds. The third-order valence-electron chi connectivity index (χ3n) is 5.12.